The van der Waals surface area contributed by atoms with Crippen LogP contribution in [0.15, 0.2) is 30.3 Å². The Hall–Kier alpha value is -1.63. The molecule has 0 amide bonds. The molecule has 4 rings (SSSR count). The first-order chi connectivity index (χ1) is 14.8. The molecule has 31 heavy (non-hydrogen) atoms. The van der Waals surface area contributed by atoms with E-state index in [9.17, 15) is 15.3 Å². The number of ether oxygens (including phenoxy) is 2. The van der Waals surface area contributed by atoms with Crippen LogP contribution in [0.4, 0.5) is 0 Å². The Morgan fingerprint density at radius 2 is 1.87 bits per heavy atom. The highest BCUT2D eigenvalue weighted by atomic mass is 35.5. The maximum absolute atomic E-state index is 10.3. The Labute approximate surface area is 188 Å². The van der Waals surface area contributed by atoms with Crippen LogP contribution in [-0.4, -0.2) is 46.3 Å². The second-order valence-corrected chi connectivity index (χ2v) is 9.47. The van der Waals surface area contributed by atoms with E-state index in [2.05, 4.69) is 38.1 Å². The Morgan fingerprint density at radius 3 is 2.52 bits per heavy atom. The van der Waals surface area contributed by atoms with Gasteiger partial charge in [0.15, 0.2) is 0 Å². The maximum Gasteiger partial charge on any atom is 0.142 e. The highest BCUT2D eigenvalue weighted by Crippen LogP contribution is 2.45. The first-order valence-corrected chi connectivity index (χ1v) is 11.4. The van der Waals surface area contributed by atoms with Gasteiger partial charge in [0.05, 0.1) is 23.8 Å². The van der Waals surface area contributed by atoms with Crippen LogP contribution in [0.1, 0.15) is 67.0 Å². The molecule has 2 heterocycles. The lowest BCUT2D eigenvalue weighted by atomic mass is 9.88. The predicted octanol–water partition coefficient (Wildman–Crippen LogP) is 3.92. The molecule has 168 valence electrons. The van der Waals surface area contributed by atoms with E-state index in [4.69, 9.17) is 21.1 Å². The summed E-state index contributed by atoms with van der Waals surface area (Å²) in [5.74, 6) is 1.16. The van der Waals surface area contributed by atoms with Crippen LogP contribution >= 0.6 is 11.6 Å². The monoisotopic (exact) mass is 446 g/mol. The molecule has 1 saturated heterocycles. The Bertz CT molecular complexity index is 926. The van der Waals surface area contributed by atoms with Gasteiger partial charge in [-0.15, -0.1) is 0 Å². The van der Waals surface area contributed by atoms with Crippen LogP contribution in [0.25, 0.3) is 0 Å². The summed E-state index contributed by atoms with van der Waals surface area (Å²) in [7, 11) is 0. The fraction of sp³-hybridized carbons (Fsp3) is 0.520. The van der Waals surface area contributed by atoms with Crippen molar-refractivity contribution in [2.24, 2.45) is 0 Å². The molecule has 0 radical (unpaired) electrons. The number of aliphatic hydroxyl groups is 3. The van der Waals surface area contributed by atoms with Gasteiger partial charge >= 0.3 is 0 Å². The molecule has 0 bridgehead atoms. The standard InChI is InChI=1S/C25H31ClO5/c1-13(2)16-6-4-15(5-7-16)9-17-10-18(19-8-14(3)30-25(19)23(17)26)21-11-20(28)24(29)22(12-27)31-21/h4-7,10,13-14,20-22,24,27-29H,8-9,11-12H2,1-3H3/t14?,20?,21?,22?,24-/m0/s1. The topological polar surface area (TPSA) is 79.2 Å². The SMILES string of the molecule is CC1Cc2c(C3CC(O)[C@H](O)C(CO)O3)cc(Cc3ccc(C(C)C)cc3)c(Cl)c2O1. The molecule has 3 N–H and O–H groups in total. The zero-order valence-corrected chi connectivity index (χ0v) is 19.0. The van der Waals surface area contributed by atoms with Crippen molar-refractivity contribution in [1.82, 2.24) is 0 Å². The molecular formula is C25H31ClO5. The number of fused-ring (bicyclic) bond motifs is 1. The summed E-state index contributed by atoms with van der Waals surface area (Å²) >= 11 is 6.77. The lowest BCUT2D eigenvalue weighted by molar-refractivity contribution is -0.181. The van der Waals surface area contributed by atoms with Gasteiger partial charge in [0.1, 0.15) is 24.1 Å². The van der Waals surface area contributed by atoms with Gasteiger partial charge in [-0.25, -0.2) is 0 Å². The van der Waals surface area contributed by atoms with Gasteiger partial charge in [0.25, 0.3) is 0 Å². The smallest absolute Gasteiger partial charge is 0.142 e. The predicted molar refractivity (Wildman–Crippen MR) is 120 cm³/mol. The van der Waals surface area contributed by atoms with Crippen LogP contribution in [0.5, 0.6) is 5.75 Å². The van der Waals surface area contributed by atoms with Crippen molar-refractivity contribution < 1.29 is 24.8 Å². The average molecular weight is 447 g/mol. The molecule has 2 aliphatic rings. The van der Waals surface area contributed by atoms with Gasteiger partial charge < -0.3 is 24.8 Å². The van der Waals surface area contributed by atoms with Crippen molar-refractivity contribution in [3.05, 3.63) is 63.2 Å². The van der Waals surface area contributed by atoms with Gasteiger partial charge in [-0.3, -0.25) is 0 Å². The average Bonchev–Trinajstić information content (AvgIpc) is 3.14. The van der Waals surface area contributed by atoms with E-state index in [-0.39, 0.29) is 19.1 Å². The zero-order valence-electron chi connectivity index (χ0n) is 18.2. The molecule has 0 spiro atoms. The second kappa shape index (κ2) is 9.08. The first kappa shape index (κ1) is 22.6. The Morgan fingerprint density at radius 1 is 1.16 bits per heavy atom. The van der Waals surface area contributed by atoms with Crippen molar-refractivity contribution in [2.75, 3.05) is 6.61 Å². The van der Waals surface area contributed by atoms with Crippen LogP contribution < -0.4 is 4.74 Å². The molecule has 6 heteroatoms. The summed E-state index contributed by atoms with van der Waals surface area (Å²) in [4.78, 5) is 0. The molecule has 0 aliphatic carbocycles. The molecule has 2 aliphatic heterocycles. The minimum Gasteiger partial charge on any atom is -0.488 e. The van der Waals surface area contributed by atoms with Crippen LogP contribution in [-0.2, 0) is 17.6 Å². The van der Waals surface area contributed by atoms with E-state index in [1.807, 2.05) is 13.0 Å². The lowest BCUT2D eigenvalue weighted by Crippen LogP contribution is -2.47. The van der Waals surface area contributed by atoms with Crippen molar-refractivity contribution >= 4 is 11.6 Å². The van der Waals surface area contributed by atoms with E-state index in [1.165, 1.54) is 5.56 Å². The summed E-state index contributed by atoms with van der Waals surface area (Å²) in [5.41, 5.74) is 5.28. The van der Waals surface area contributed by atoms with Crippen LogP contribution in [0, 0.1) is 0 Å². The van der Waals surface area contributed by atoms with Crippen molar-refractivity contribution in [3.63, 3.8) is 0 Å². The molecule has 5 atom stereocenters. The van der Waals surface area contributed by atoms with E-state index in [0.29, 0.717) is 29.5 Å². The molecule has 2 aromatic rings. The molecule has 1 fully saturated rings. The molecule has 4 unspecified atom stereocenters. The van der Waals surface area contributed by atoms with Gasteiger partial charge in [0.2, 0.25) is 0 Å². The Balaban J connectivity index is 1.70. The quantitative estimate of drug-likeness (QED) is 0.648. The summed E-state index contributed by atoms with van der Waals surface area (Å²) in [6.45, 7) is 5.99. The number of rotatable bonds is 5. The van der Waals surface area contributed by atoms with Gasteiger partial charge in [-0.2, -0.15) is 0 Å². The zero-order chi connectivity index (χ0) is 22.3. The minimum absolute atomic E-state index is 0.000400. The fourth-order valence-electron chi connectivity index (χ4n) is 4.57. The minimum atomic E-state index is -1.10. The third-order valence-electron chi connectivity index (χ3n) is 6.38. The maximum atomic E-state index is 10.3. The third-order valence-corrected chi connectivity index (χ3v) is 6.80. The fourth-order valence-corrected chi connectivity index (χ4v) is 4.85. The summed E-state index contributed by atoms with van der Waals surface area (Å²) < 4.78 is 12.0. The van der Waals surface area contributed by atoms with E-state index < -0.39 is 24.4 Å². The molecule has 5 nitrogen and oxygen atoms in total. The van der Waals surface area contributed by atoms with Crippen LogP contribution in [0.3, 0.4) is 0 Å². The molecule has 2 aromatic carbocycles. The lowest BCUT2D eigenvalue weighted by Gasteiger charge is -2.37. The first-order valence-electron chi connectivity index (χ1n) is 11.0. The van der Waals surface area contributed by atoms with E-state index >= 15 is 0 Å². The van der Waals surface area contributed by atoms with Crippen molar-refractivity contribution in [1.29, 1.82) is 0 Å². The highest BCUT2D eigenvalue weighted by molar-refractivity contribution is 6.33. The summed E-state index contributed by atoms with van der Waals surface area (Å²) in [6.07, 6.45) is -1.73. The van der Waals surface area contributed by atoms with Crippen molar-refractivity contribution in [3.8, 4) is 5.75 Å². The molecule has 0 aromatic heterocycles. The van der Waals surface area contributed by atoms with Crippen molar-refractivity contribution in [2.45, 2.75) is 76.5 Å². The molecule has 0 saturated carbocycles. The third kappa shape index (κ3) is 4.48. The van der Waals surface area contributed by atoms with E-state index in [1.54, 1.807) is 0 Å². The largest absolute Gasteiger partial charge is 0.488 e. The number of aliphatic hydroxyl groups excluding tert-OH is 3. The summed E-state index contributed by atoms with van der Waals surface area (Å²) in [5, 5.41) is 30.7. The number of benzene rings is 2. The Kier molecular flexibility index (Phi) is 6.61. The number of hydrogen-bond acceptors (Lipinski definition) is 5. The van der Waals surface area contributed by atoms with Gasteiger partial charge in [0, 0.05) is 18.4 Å². The van der Waals surface area contributed by atoms with Gasteiger partial charge in [-0.1, -0.05) is 55.8 Å². The number of hydrogen-bond donors (Lipinski definition) is 3. The highest BCUT2D eigenvalue weighted by Gasteiger charge is 2.39. The van der Waals surface area contributed by atoms with Gasteiger partial charge in [-0.05, 0) is 41.5 Å². The summed E-state index contributed by atoms with van der Waals surface area (Å²) in [6, 6.07) is 10.6. The molecular weight excluding hydrogens is 416 g/mol. The van der Waals surface area contributed by atoms with E-state index in [0.717, 1.165) is 22.3 Å². The second-order valence-electron chi connectivity index (χ2n) is 9.09. The normalized spacial score (nSPS) is 27.9. The number of halogens is 1. The van der Waals surface area contributed by atoms with Crippen LogP contribution in [0.2, 0.25) is 5.02 Å².